The van der Waals surface area contributed by atoms with Crippen LogP contribution in [0.3, 0.4) is 0 Å². The molecule has 4 aromatic rings. The zero-order valence-corrected chi connectivity index (χ0v) is 18.5. The molecule has 6 nitrogen and oxygen atoms in total. The summed E-state index contributed by atoms with van der Waals surface area (Å²) in [7, 11) is 0. The molecule has 0 aliphatic carbocycles. The minimum absolute atomic E-state index is 0.184. The predicted molar refractivity (Wildman–Crippen MR) is 121 cm³/mol. The molecule has 0 bridgehead atoms. The number of rotatable bonds is 7. The van der Waals surface area contributed by atoms with Crippen LogP contribution in [-0.4, -0.2) is 20.8 Å². The van der Waals surface area contributed by atoms with Crippen LogP contribution in [0.5, 0.6) is 0 Å². The number of thioether (sulfide) groups is 1. The van der Waals surface area contributed by atoms with Crippen LogP contribution in [0.4, 0.5) is 0 Å². The molecule has 1 amide bonds. The van der Waals surface area contributed by atoms with Gasteiger partial charge in [0, 0.05) is 17.4 Å². The largest absolute Gasteiger partial charge is 0.359 e. The van der Waals surface area contributed by atoms with Crippen LogP contribution < -0.4 is 5.32 Å². The number of nitrogens with one attached hydrogen (secondary N) is 1. The Kier molecular flexibility index (Phi) is 6.41. The molecule has 9 heteroatoms. The molecular weight excluding hydrogens is 436 g/mol. The van der Waals surface area contributed by atoms with Crippen LogP contribution in [0, 0.1) is 10.9 Å². The highest BCUT2D eigenvalue weighted by Gasteiger charge is 2.10. The molecule has 0 atom stereocenters. The summed E-state index contributed by atoms with van der Waals surface area (Å²) in [6.07, 6.45) is 0. The molecule has 0 spiro atoms. The molecule has 152 valence electrons. The van der Waals surface area contributed by atoms with Crippen molar-refractivity contribution < 1.29 is 9.32 Å². The van der Waals surface area contributed by atoms with Gasteiger partial charge in [0.15, 0.2) is 14.1 Å². The zero-order valence-electron chi connectivity index (χ0n) is 16.1. The van der Waals surface area contributed by atoms with Gasteiger partial charge in [-0.3, -0.25) is 4.79 Å². The third-order valence-corrected chi connectivity index (χ3v) is 6.64. The number of hydrogen-bond acceptors (Lipinski definition) is 7. The molecule has 0 saturated carbocycles. The van der Waals surface area contributed by atoms with E-state index in [1.807, 2.05) is 37.3 Å². The van der Waals surface area contributed by atoms with E-state index in [1.54, 1.807) is 34.6 Å². The quantitative estimate of drug-likeness (QED) is 0.306. The Balaban J connectivity index is 1.40. The van der Waals surface area contributed by atoms with Gasteiger partial charge in [0.2, 0.25) is 0 Å². The summed E-state index contributed by atoms with van der Waals surface area (Å²) in [6, 6.07) is 19.2. The molecule has 0 radical (unpaired) electrons. The average Bonchev–Trinajstić information content (AvgIpc) is 3.36. The smallest absolute Gasteiger partial charge is 0.251 e. The standard InChI is InChI=1S/C21H18N4O2S3/c1-14-11-18(27-24-14)12-22-19(26)16-7-9-17(10-8-16)25-21(28)30-20(23-25)29-13-15-5-3-2-4-6-15/h2-11H,12-13H2,1H3,(H,22,26). The minimum Gasteiger partial charge on any atom is -0.359 e. The summed E-state index contributed by atoms with van der Waals surface area (Å²) < 4.78 is 8.41. The number of nitrogens with zero attached hydrogens (tertiary/aromatic N) is 3. The maximum atomic E-state index is 12.3. The molecule has 1 N–H and O–H groups in total. The van der Waals surface area contributed by atoms with Gasteiger partial charge < -0.3 is 9.84 Å². The van der Waals surface area contributed by atoms with Gasteiger partial charge in [0.25, 0.3) is 5.91 Å². The van der Waals surface area contributed by atoms with Gasteiger partial charge in [-0.15, -0.1) is 5.10 Å². The summed E-state index contributed by atoms with van der Waals surface area (Å²) in [5.41, 5.74) is 3.40. The lowest BCUT2D eigenvalue weighted by Gasteiger charge is -2.05. The van der Waals surface area contributed by atoms with Crippen LogP contribution in [0.25, 0.3) is 5.69 Å². The van der Waals surface area contributed by atoms with E-state index >= 15 is 0 Å². The molecule has 0 fully saturated rings. The first-order valence-corrected chi connectivity index (χ1v) is 11.4. The van der Waals surface area contributed by atoms with E-state index in [-0.39, 0.29) is 5.91 Å². The topological polar surface area (TPSA) is 73.0 Å². The number of carbonyl (C=O) groups is 1. The lowest BCUT2D eigenvalue weighted by atomic mass is 10.2. The highest BCUT2D eigenvalue weighted by atomic mass is 32.2. The fourth-order valence-corrected chi connectivity index (χ4v) is 5.04. The van der Waals surface area contributed by atoms with Crippen molar-refractivity contribution in [1.29, 1.82) is 0 Å². The second kappa shape index (κ2) is 9.38. The maximum absolute atomic E-state index is 12.3. The summed E-state index contributed by atoms with van der Waals surface area (Å²) in [5, 5.41) is 11.2. The van der Waals surface area contributed by atoms with Gasteiger partial charge in [0.05, 0.1) is 17.9 Å². The van der Waals surface area contributed by atoms with Crippen molar-refractivity contribution in [2.45, 2.75) is 23.6 Å². The molecular formula is C21H18N4O2S3. The van der Waals surface area contributed by atoms with Gasteiger partial charge >= 0.3 is 0 Å². The van der Waals surface area contributed by atoms with Crippen LogP contribution >= 0.6 is 35.3 Å². The third-order valence-electron chi connectivity index (χ3n) is 4.21. The van der Waals surface area contributed by atoms with E-state index in [1.165, 1.54) is 16.9 Å². The SMILES string of the molecule is Cc1cc(CNC(=O)c2ccc(-n3nc(SCc4ccccc4)sc3=S)cc2)on1. The number of aromatic nitrogens is 3. The Hall–Kier alpha value is -2.75. The Bertz CT molecular complexity index is 1200. The fraction of sp³-hybridized carbons (Fsp3) is 0.143. The first-order chi connectivity index (χ1) is 14.6. The van der Waals surface area contributed by atoms with Crippen molar-refractivity contribution >= 4 is 41.2 Å². The number of carbonyl (C=O) groups excluding carboxylic acids is 1. The molecule has 0 saturated heterocycles. The predicted octanol–water partition coefficient (Wildman–Crippen LogP) is 5.18. The summed E-state index contributed by atoms with van der Waals surface area (Å²) in [5.74, 6) is 1.27. The van der Waals surface area contributed by atoms with Gasteiger partial charge in [0.1, 0.15) is 0 Å². The maximum Gasteiger partial charge on any atom is 0.251 e. The van der Waals surface area contributed by atoms with Crippen molar-refractivity contribution in [3.8, 4) is 5.69 Å². The van der Waals surface area contributed by atoms with E-state index in [0.717, 1.165) is 21.5 Å². The van der Waals surface area contributed by atoms with Crippen LogP contribution in [-0.2, 0) is 12.3 Å². The Morgan fingerprint density at radius 1 is 1.20 bits per heavy atom. The second-order valence-corrected chi connectivity index (χ2v) is 9.33. The van der Waals surface area contributed by atoms with Crippen molar-refractivity contribution in [2.24, 2.45) is 0 Å². The molecule has 0 aliphatic heterocycles. The highest BCUT2D eigenvalue weighted by molar-refractivity contribution is 8.00. The molecule has 30 heavy (non-hydrogen) atoms. The lowest BCUT2D eigenvalue weighted by molar-refractivity contribution is 0.0947. The van der Waals surface area contributed by atoms with Gasteiger partial charge in [-0.1, -0.05) is 58.6 Å². The molecule has 0 unspecified atom stereocenters. The molecule has 2 aromatic heterocycles. The minimum atomic E-state index is -0.184. The van der Waals surface area contributed by atoms with E-state index in [0.29, 0.717) is 21.8 Å². The number of hydrogen-bond donors (Lipinski definition) is 1. The van der Waals surface area contributed by atoms with E-state index in [9.17, 15) is 4.79 Å². The summed E-state index contributed by atoms with van der Waals surface area (Å²) in [4.78, 5) is 12.3. The molecule has 4 rings (SSSR count). The van der Waals surface area contributed by atoms with Crippen LogP contribution in [0.2, 0.25) is 0 Å². The summed E-state index contributed by atoms with van der Waals surface area (Å²) in [6.45, 7) is 2.13. The van der Waals surface area contributed by atoms with Gasteiger partial charge in [-0.05, 0) is 49.0 Å². The Labute approximate surface area is 186 Å². The first kappa shape index (κ1) is 20.5. The Morgan fingerprint density at radius 2 is 1.97 bits per heavy atom. The van der Waals surface area contributed by atoms with E-state index < -0.39 is 0 Å². The molecule has 0 aliphatic rings. The van der Waals surface area contributed by atoms with E-state index in [4.69, 9.17) is 16.7 Å². The van der Waals surface area contributed by atoms with Crippen LogP contribution in [0.1, 0.15) is 27.4 Å². The summed E-state index contributed by atoms with van der Waals surface area (Å²) >= 11 is 8.62. The third kappa shape index (κ3) is 5.05. The first-order valence-electron chi connectivity index (χ1n) is 9.16. The fourth-order valence-electron chi connectivity index (χ4n) is 2.72. The highest BCUT2D eigenvalue weighted by Crippen LogP contribution is 2.27. The van der Waals surface area contributed by atoms with Crippen LogP contribution in [0.15, 0.2) is 69.5 Å². The molecule has 2 aromatic carbocycles. The van der Waals surface area contributed by atoms with Gasteiger partial charge in [-0.25, -0.2) is 4.68 Å². The number of aryl methyl sites for hydroxylation is 1. The van der Waals surface area contributed by atoms with Crippen molar-refractivity contribution in [3.05, 3.63) is 87.2 Å². The number of benzene rings is 2. The van der Waals surface area contributed by atoms with E-state index in [2.05, 4.69) is 27.7 Å². The second-order valence-electron chi connectivity index (χ2n) is 6.48. The van der Waals surface area contributed by atoms with Crippen molar-refractivity contribution in [1.82, 2.24) is 20.3 Å². The Morgan fingerprint density at radius 3 is 2.67 bits per heavy atom. The van der Waals surface area contributed by atoms with Gasteiger partial charge in [-0.2, -0.15) is 0 Å². The average molecular weight is 455 g/mol. The zero-order chi connectivity index (χ0) is 20.9. The lowest BCUT2D eigenvalue weighted by Crippen LogP contribution is -2.22. The van der Waals surface area contributed by atoms with Crippen molar-refractivity contribution in [3.63, 3.8) is 0 Å². The number of amides is 1. The normalized spacial score (nSPS) is 10.8. The molecule has 2 heterocycles. The van der Waals surface area contributed by atoms with Crippen molar-refractivity contribution in [2.75, 3.05) is 0 Å². The monoisotopic (exact) mass is 454 g/mol.